The molecule has 0 heterocycles. The first-order valence-electron chi connectivity index (χ1n) is 5.73. The molecule has 0 aromatic carbocycles. The minimum Gasteiger partial charge on any atom is -0.466 e. The molecule has 0 amide bonds. The van der Waals surface area contributed by atoms with E-state index in [0.717, 1.165) is 0 Å². The van der Waals surface area contributed by atoms with Crippen molar-refractivity contribution in [1.29, 1.82) is 0 Å². The molecule has 0 aliphatic heterocycles. The fraction of sp³-hybridized carbons (Fsp3) is 0.583. The molecule has 0 N–H and O–H groups in total. The van der Waals surface area contributed by atoms with Crippen LogP contribution in [0.3, 0.4) is 0 Å². The van der Waals surface area contributed by atoms with E-state index in [1.54, 1.807) is 12.2 Å². The fourth-order valence-corrected chi connectivity index (χ4v) is 2.04. The Kier molecular flexibility index (Phi) is 9.79. The molecule has 1 atom stereocenters. The van der Waals surface area contributed by atoms with Crippen molar-refractivity contribution in [1.82, 2.24) is 0 Å². The summed E-state index contributed by atoms with van der Waals surface area (Å²) in [6.07, 6.45) is 2.86. The maximum atomic E-state index is 11.4. The van der Waals surface area contributed by atoms with Crippen LogP contribution < -0.4 is 0 Å². The van der Waals surface area contributed by atoms with E-state index < -0.39 is 20.7 Å². The third-order valence-electron chi connectivity index (χ3n) is 1.83. The molecule has 0 saturated heterocycles. The van der Waals surface area contributed by atoms with E-state index in [9.17, 15) is 4.79 Å². The number of carbonyl (C=O) groups excluding carboxylic acids is 1. The standard InChI is InChI=1S/C12H21O5P/c1-6-9-11(10(4)12(13)14-5)17-18(15-7-2)16-8-3/h6,9,11H,4,7-8H2,1-3,5H3/b9-6+. The molecule has 5 nitrogen and oxygen atoms in total. The lowest BCUT2D eigenvalue weighted by Gasteiger charge is -2.20. The van der Waals surface area contributed by atoms with E-state index in [-0.39, 0.29) is 5.57 Å². The predicted octanol–water partition coefficient (Wildman–Crippen LogP) is 2.98. The van der Waals surface area contributed by atoms with Crippen molar-refractivity contribution in [2.24, 2.45) is 0 Å². The normalized spacial score (nSPS) is 12.9. The van der Waals surface area contributed by atoms with Crippen LogP contribution in [-0.2, 0) is 23.1 Å². The molecule has 0 spiro atoms. The zero-order valence-corrected chi connectivity index (χ0v) is 12.2. The van der Waals surface area contributed by atoms with Gasteiger partial charge in [-0.25, -0.2) is 4.79 Å². The molecule has 0 saturated carbocycles. The number of esters is 1. The summed E-state index contributed by atoms with van der Waals surface area (Å²) in [7, 11) is -0.194. The Bertz CT molecular complexity index is 284. The first kappa shape index (κ1) is 17.3. The van der Waals surface area contributed by atoms with Gasteiger partial charge in [0.25, 0.3) is 0 Å². The number of hydrogen-bond donors (Lipinski definition) is 0. The Morgan fingerprint density at radius 2 is 1.89 bits per heavy atom. The van der Waals surface area contributed by atoms with E-state index in [1.807, 2.05) is 20.8 Å². The van der Waals surface area contributed by atoms with Crippen LogP contribution >= 0.6 is 8.60 Å². The molecule has 0 rings (SSSR count). The Labute approximate surface area is 110 Å². The van der Waals surface area contributed by atoms with Crippen LogP contribution in [0.1, 0.15) is 20.8 Å². The van der Waals surface area contributed by atoms with Crippen LogP contribution in [0.2, 0.25) is 0 Å². The molecule has 0 aliphatic rings. The van der Waals surface area contributed by atoms with Crippen molar-refractivity contribution in [3.05, 3.63) is 24.3 Å². The average molecular weight is 276 g/mol. The third kappa shape index (κ3) is 6.26. The number of allylic oxidation sites excluding steroid dienone is 1. The number of methoxy groups -OCH3 is 1. The van der Waals surface area contributed by atoms with Gasteiger partial charge in [-0.3, -0.25) is 4.52 Å². The highest BCUT2D eigenvalue weighted by Crippen LogP contribution is 2.42. The Morgan fingerprint density at radius 3 is 2.28 bits per heavy atom. The monoisotopic (exact) mass is 276 g/mol. The van der Waals surface area contributed by atoms with Crippen molar-refractivity contribution in [2.75, 3.05) is 20.3 Å². The lowest BCUT2D eigenvalue weighted by Crippen LogP contribution is -2.19. The maximum Gasteiger partial charge on any atom is 0.336 e. The number of hydrogen-bond acceptors (Lipinski definition) is 5. The number of rotatable bonds is 9. The summed E-state index contributed by atoms with van der Waals surface area (Å²) in [5, 5.41) is 0. The third-order valence-corrected chi connectivity index (χ3v) is 3.16. The fourth-order valence-electron chi connectivity index (χ4n) is 1.04. The highest BCUT2D eigenvalue weighted by atomic mass is 31.2. The molecule has 0 aromatic heterocycles. The van der Waals surface area contributed by atoms with Crippen LogP contribution in [0.25, 0.3) is 0 Å². The van der Waals surface area contributed by atoms with E-state index in [2.05, 4.69) is 11.3 Å². The minimum absolute atomic E-state index is 0.211. The van der Waals surface area contributed by atoms with Gasteiger partial charge in [-0.15, -0.1) is 0 Å². The van der Waals surface area contributed by atoms with Crippen molar-refractivity contribution in [3.8, 4) is 0 Å². The van der Waals surface area contributed by atoms with Gasteiger partial charge in [-0.2, -0.15) is 0 Å². The lowest BCUT2D eigenvalue weighted by atomic mass is 10.1. The summed E-state index contributed by atoms with van der Waals surface area (Å²) in [6, 6.07) is 0. The van der Waals surface area contributed by atoms with Gasteiger partial charge in [0.05, 0.1) is 25.9 Å². The molecular weight excluding hydrogens is 255 g/mol. The minimum atomic E-state index is -1.49. The van der Waals surface area contributed by atoms with Crippen LogP contribution in [0, 0.1) is 0 Å². The SMILES string of the molecule is C=C(C(=O)OC)C(/C=C/C)OP(OCC)OCC. The van der Waals surface area contributed by atoms with Crippen LogP contribution in [0.15, 0.2) is 24.3 Å². The summed E-state index contributed by atoms with van der Waals surface area (Å²) in [6.45, 7) is 10.1. The highest BCUT2D eigenvalue weighted by Gasteiger charge is 2.23. The first-order chi connectivity index (χ1) is 8.60. The molecule has 0 fully saturated rings. The number of carbonyl (C=O) groups is 1. The Hall–Kier alpha value is -0.740. The van der Waals surface area contributed by atoms with Crippen molar-refractivity contribution < 1.29 is 23.1 Å². The predicted molar refractivity (Wildman–Crippen MR) is 71.0 cm³/mol. The quantitative estimate of drug-likeness (QED) is 0.280. The summed E-state index contributed by atoms with van der Waals surface area (Å²) < 4.78 is 20.8. The van der Waals surface area contributed by atoms with Crippen LogP contribution in [0.4, 0.5) is 0 Å². The molecular formula is C12H21O5P. The van der Waals surface area contributed by atoms with Crippen LogP contribution in [-0.4, -0.2) is 32.4 Å². The first-order valence-corrected chi connectivity index (χ1v) is 6.82. The summed E-state index contributed by atoms with van der Waals surface area (Å²) in [5.41, 5.74) is 0.211. The van der Waals surface area contributed by atoms with Gasteiger partial charge in [0, 0.05) is 0 Å². The molecule has 0 aromatic rings. The van der Waals surface area contributed by atoms with Gasteiger partial charge in [0.1, 0.15) is 6.10 Å². The van der Waals surface area contributed by atoms with E-state index in [1.165, 1.54) is 7.11 Å². The molecule has 0 radical (unpaired) electrons. The van der Waals surface area contributed by atoms with Crippen molar-refractivity contribution >= 4 is 14.6 Å². The van der Waals surface area contributed by atoms with Gasteiger partial charge < -0.3 is 13.8 Å². The smallest absolute Gasteiger partial charge is 0.336 e. The van der Waals surface area contributed by atoms with Crippen molar-refractivity contribution in [3.63, 3.8) is 0 Å². The summed E-state index contributed by atoms with van der Waals surface area (Å²) in [5.74, 6) is -0.513. The van der Waals surface area contributed by atoms with Gasteiger partial charge in [-0.1, -0.05) is 18.7 Å². The molecule has 6 heteroatoms. The van der Waals surface area contributed by atoms with Gasteiger partial charge in [-0.05, 0) is 20.8 Å². The summed E-state index contributed by atoms with van der Waals surface area (Å²) in [4.78, 5) is 11.4. The Morgan fingerprint density at radius 1 is 1.33 bits per heavy atom. The highest BCUT2D eigenvalue weighted by molar-refractivity contribution is 7.41. The largest absolute Gasteiger partial charge is 0.466 e. The zero-order valence-electron chi connectivity index (χ0n) is 11.3. The van der Waals surface area contributed by atoms with Crippen molar-refractivity contribution in [2.45, 2.75) is 26.9 Å². The summed E-state index contributed by atoms with van der Waals surface area (Å²) >= 11 is 0. The molecule has 0 bridgehead atoms. The van der Waals surface area contributed by atoms with E-state index in [4.69, 9.17) is 13.6 Å². The lowest BCUT2D eigenvalue weighted by molar-refractivity contribution is -0.136. The van der Waals surface area contributed by atoms with Gasteiger partial charge in [0.2, 0.25) is 0 Å². The molecule has 18 heavy (non-hydrogen) atoms. The maximum absolute atomic E-state index is 11.4. The molecule has 0 aliphatic carbocycles. The van der Waals surface area contributed by atoms with Gasteiger partial charge in [0.15, 0.2) is 0 Å². The Balaban J connectivity index is 4.67. The van der Waals surface area contributed by atoms with E-state index >= 15 is 0 Å². The topological polar surface area (TPSA) is 54.0 Å². The second kappa shape index (κ2) is 10.2. The van der Waals surface area contributed by atoms with Gasteiger partial charge >= 0.3 is 14.6 Å². The average Bonchev–Trinajstić information content (AvgIpc) is 2.37. The molecule has 1 unspecified atom stereocenters. The second-order valence-corrected chi connectivity index (χ2v) is 4.30. The number of ether oxygens (including phenoxy) is 1. The van der Waals surface area contributed by atoms with E-state index in [0.29, 0.717) is 13.2 Å². The second-order valence-electron chi connectivity index (χ2n) is 3.13. The zero-order chi connectivity index (χ0) is 14.0. The molecule has 104 valence electrons. The van der Waals surface area contributed by atoms with Crippen LogP contribution in [0.5, 0.6) is 0 Å².